The van der Waals surface area contributed by atoms with Crippen molar-refractivity contribution in [3.8, 4) is 5.75 Å². The predicted octanol–water partition coefficient (Wildman–Crippen LogP) is 3.33. The van der Waals surface area contributed by atoms with Crippen LogP contribution in [0.5, 0.6) is 5.75 Å². The van der Waals surface area contributed by atoms with Crippen LogP contribution in [-0.4, -0.2) is 38.1 Å². The van der Waals surface area contributed by atoms with Gasteiger partial charge in [0.25, 0.3) is 0 Å². The summed E-state index contributed by atoms with van der Waals surface area (Å²) in [4.78, 5) is 27.1. The molecule has 2 N–H and O–H groups in total. The number of rotatable bonds is 6. The van der Waals surface area contributed by atoms with Gasteiger partial charge in [0, 0.05) is 30.4 Å². The Morgan fingerprint density at radius 1 is 1.23 bits per heavy atom. The van der Waals surface area contributed by atoms with Crippen molar-refractivity contribution in [2.45, 2.75) is 38.1 Å². The molecule has 2 heterocycles. The van der Waals surface area contributed by atoms with Gasteiger partial charge in [0.15, 0.2) is 0 Å². The molecule has 2 aromatic carbocycles. The predicted molar refractivity (Wildman–Crippen MR) is 121 cm³/mol. The molecule has 0 bridgehead atoms. The number of fused-ring (bicyclic) bond motifs is 1. The zero-order valence-corrected chi connectivity index (χ0v) is 18.0. The molecule has 2 amide bonds. The van der Waals surface area contributed by atoms with Crippen molar-refractivity contribution in [3.05, 3.63) is 53.6 Å². The summed E-state index contributed by atoms with van der Waals surface area (Å²) in [6, 6.07) is 13.7. The van der Waals surface area contributed by atoms with E-state index in [2.05, 4.69) is 10.6 Å². The minimum absolute atomic E-state index is 0. The highest BCUT2D eigenvalue weighted by Gasteiger charge is 2.25. The molecule has 2 aliphatic heterocycles. The Labute approximate surface area is 183 Å². The van der Waals surface area contributed by atoms with Gasteiger partial charge in [-0.2, -0.15) is 0 Å². The first-order valence-corrected chi connectivity index (χ1v) is 10.2. The fraction of sp³-hybridized carbons (Fsp3) is 0.391. The molecule has 1 fully saturated rings. The molecule has 0 aromatic heterocycles. The number of amides is 2. The number of benzene rings is 2. The van der Waals surface area contributed by atoms with Gasteiger partial charge in [-0.15, -0.1) is 12.4 Å². The van der Waals surface area contributed by atoms with E-state index in [0.717, 1.165) is 54.1 Å². The van der Waals surface area contributed by atoms with Gasteiger partial charge in [0.2, 0.25) is 11.8 Å². The van der Waals surface area contributed by atoms with Crippen LogP contribution in [0.1, 0.15) is 30.4 Å². The van der Waals surface area contributed by atoms with Crippen molar-refractivity contribution in [2.75, 3.05) is 30.4 Å². The van der Waals surface area contributed by atoms with Crippen molar-refractivity contribution in [2.24, 2.45) is 0 Å². The third-order valence-electron chi connectivity index (χ3n) is 5.65. The number of carbonyl (C=O) groups excluding carboxylic acids is 2. The molecule has 160 valence electrons. The largest absolute Gasteiger partial charge is 0.497 e. The van der Waals surface area contributed by atoms with Gasteiger partial charge in [-0.3, -0.25) is 9.59 Å². The Balaban J connectivity index is 0.00000256. The van der Waals surface area contributed by atoms with Crippen LogP contribution in [0.15, 0.2) is 42.5 Å². The summed E-state index contributed by atoms with van der Waals surface area (Å²) < 4.78 is 5.25. The van der Waals surface area contributed by atoms with Crippen LogP contribution in [-0.2, 0) is 22.4 Å². The van der Waals surface area contributed by atoms with Crippen LogP contribution in [0.25, 0.3) is 0 Å². The Kier molecular flexibility index (Phi) is 7.34. The molecule has 2 aromatic rings. The monoisotopic (exact) mass is 429 g/mol. The highest BCUT2D eigenvalue weighted by atomic mass is 35.5. The summed E-state index contributed by atoms with van der Waals surface area (Å²) in [5.41, 5.74) is 3.71. The highest BCUT2D eigenvalue weighted by molar-refractivity contribution is 5.98. The quantitative estimate of drug-likeness (QED) is 0.738. The van der Waals surface area contributed by atoms with Gasteiger partial charge in [-0.25, -0.2) is 0 Å². The zero-order chi connectivity index (χ0) is 20.2. The lowest BCUT2D eigenvalue weighted by molar-refractivity contribution is -0.118. The molecule has 7 heteroatoms. The molecule has 0 radical (unpaired) electrons. The number of anilines is 2. The van der Waals surface area contributed by atoms with E-state index in [1.165, 1.54) is 0 Å². The van der Waals surface area contributed by atoms with Gasteiger partial charge in [-0.05, 0) is 61.2 Å². The minimum Gasteiger partial charge on any atom is -0.497 e. The lowest BCUT2D eigenvalue weighted by Gasteiger charge is -2.19. The SMILES string of the molecule is COc1cccc(CC(=O)N2CCc3ccc(NC(=O)CC4CCCN4)cc32)c1.Cl. The maximum Gasteiger partial charge on any atom is 0.231 e. The Bertz CT molecular complexity index is 912. The van der Waals surface area contributed by atoms with Gasteiger partial charge < -0.3 is 20.3 Å². The fourth-order valence-electron chi connectivity index (χ4n) is 4.14. The molecule has 1 saturated heterocycles. The molecule has 2 aliphatic rings. The average Bonchev–Trinajstić information content (AvgIpc) is 3.37. The second kappa shape index (κ2) is 9.96. The molecular formula is C23H28ClN3O3. The zero-order valence-electron chi connectivity index (χ0n) is 17.1. The number of ether oxygens (including phenoxy) is 1. The summed E-state index contributed by atoms with van der Waals surface area (Å²) in [6.45, 7) is 1.66. The van der Waals surface area contributed by atoms with Crippen molar-refractivity contribution in [1.82, 2.24) is 5.32 Å². The van der Waals surface area contributed by atoms with Gasteiger partial charge >= 0.3 is 0 Å². The number of carbonyl (C=O) groups is 2. The van der Waals surface area contributed by atoms with E-state index in [-0.39, 0.29) is 30.3 Å². The summed E-state index contributed by atoms with van der Waals surface area (Å²) in [6.07, 6.45) is 3.81. The molecule has 0 saturated carbocycles. The summed E-state index contributed by atoms with van der Waals surface area (Å²) in [5.74, 6) is 0.811. The van der Waals surface area contributed by atoms with Crippen LogP contribution >= 0.6 is 12.4 Å². The van der Waals surface area contributed by atoms with E-state index in [1.807, 2.05) is 47.4 Å². The third kappa shape index (κ3) is 5.12. The molecule has 30 heavy (non-hydrogen) atoms. The smallest absolute Gasteiger partial charge is 0.231 e. The summed E-state index contributed by atoms with van der Waals surface area (Å²) in [5, 5.41) is 6.33. The Morgan fingerprint density at radius 3 is 2.87 bits per heavy atom. The second-order valence-electron chi connectivity index (χ2n) is 7.71. The van der Waals surface area contributed by atoms with E-state index >= 15 is 0 Å². The second-order valence-corrected chi connectivity index (χ2v) is 7.71. The summed E-state index contributed by atoms with van der Waals surface area (Å²) >= 11 is 0. The first-order chi connectivity index (χ1) is 14.1. The minimum atomic E-state index is 0. The molecule has 1 atom stereocenters. The lowest BCUT2D eigenvalue weighted by Crippen LogP contribution is -2.30. The number of halogens is 1. The summed E-state index contributed by atoms with van der Waals surface area (Å²) in [7, 11) is 1.62. The maximum absolute atomic E-state index is 12.9. The topological polar surface area (TPSA) is 70.7 Å². The lowest BCUT2D eigenvalue weighted by atomic mass is 10.1. The average molecular weight is 430 g/mol. The Morgan fingerprint density at radius 2 is 2.10 bits per heavy atom. The first-order valence-electron chi connectivity index (χ1n) is 10.2. The van der Waals surface area contributed by atoms with Crippen molar-refractivity contribution < 1.29 is 14.3 Å². The molecule has 0 aliphatic carbocycles. The van der Waals surface area contributed by atoms with Crippen LogP contribution in [0.4, 0.5) is 11.4 Å². The fourth-order valence-corrected chi connectivity index (χ4v) is 4.14. The standard InChI is InChI=1S/C23H27N3O3.ClH/c1-29-20-6-2-4-16(12-20)13-23(28)26-11-9-17-7-8-19(14-21(17)26)25-22(27)15-18-5-3-10-24-18;/h2,4,6-8,12,14,18,24H,3,5,9-11,13,15H2,1H3,(H,25,27);1H. The van der Waals surface area contributed by atoms with Crippen LogP contribution in [0.2, 0.25) is 0 Å². The molecule has 0 spiro atoms. The molecular weight excluding hydrogens is 402 g/mol. The number of nitrogens with zero attached hydrogens (tertiary/aromatic N) is 1. The maximum atomic E-state index is 12.9. The van der Waals surface area contributed by atoms with E-state index in [1.54, 1.807) is 7.11 Å². The Hall–Kier alpha value is -2.57. The van der Waals surface area contributed by atoms with Crippen LogP contribution in [0.3, 0.4) is 0 Å². The van der Waals surface area contributed by atoms with Crippen molar-refractivity contribution in [3.63, 3.8) is 0 Å². The van der Waals surface area contributed by atoms with Crippen molar-refractivity contribution >= 4 is 35.6 Å². The normalized spacial score (nSPS) is 17.2. The van der Waals surface area contributed by atoms with Gasteiger partial charge in [-0.1, -0.05) is 18.2 Å². The van der Waals surface area contributed by atoms with Gasteiger partial charge in [0.1, 0.15) is 5.75 Å². The van der Waals surface area contributed by atoms with E-state index in [4.69, 9.17) is 4.74 Å². The van der Waals surface area contributed by atoms with E-state index in [9.17, 15) is 9.59 Å². The van der Waals surface area contributed by atoms with Gasteiger partial charge in [0.05, 0.1) is 13.5 Å². The molecule has 1 unspecified atom stereocenters. The third-order valence-corrected chi connectivity index (χ3v) is 5.65. The highest BCUT2D eigenvalue weighted by Crippen LogP contribution is 2.31. The van der Waals surface area contributed by atoms with Crippen molar-refractivity contribution in [1.29, 1.82) is 0 Å². The number of nitrogens with one attached hydrogen (secondary N) is 2. The number of hydrogen-bond acceptors (Lipinski definition) is 4. The van der Waals surface area contributed by atoms with Crippen LogP contribution < -0.4 is 20.3 Å². The van der Waals surface area contributed by atoms with Crippen LogP contribution in [0, 0.1) is 0 Å². The first kappa shape index (κ1) is 22.1. The van der Waals surface area contributed by atoms with E-state index in [0.29, 0.717) is 19.4 Å². The molecule has 6 nitrogen and oxygen atoms in total. The number of hydrogen-bond donors (Lipinski definition) is 2. The van der Waals surface area contributed by atoms with E-state index < -0.39 is 0 Å². The molecule has 4 rings (SSSR count). The number of methoxy groups -OCH3 is 1.